The number of hydrogen-bond donors (Lipinski definition) is 1. The zero-order valence-electron chi connectivity index (χ0n) is 14.3. The summed E-state index contributed by atoms with van der Waals surface area (Å²) >= 11 is 6.13. The number of halogens is 1. The van der Waals surface area contributed by atoms with Crippen LogP contribution in [-0.4, -0.2) is 29.4 Å². The Balaban J connectivity index is 1.88. The lowest BCUT2D eigenvalue weighted by atomic mass is 10.1. The molecule has 2 aromatic rings. The highest BCUT2D eigenvalue weighted by Gasteiger charge is 2.09. The quantitative estimate of drug-likeness (QED) is 0.584. The third-order valence-electron chi connectivity index (χ3n) is 3.63. The third-order valence-corrected chi connectivity index (χ3v) is 4.00. The first-order valence-electron chi connectivity index (χ1n) is 7.86. The second-order valence-electron chi connectivity index (χ2n) is 5.82. The van der Waals surface area contributed by atoms with Crippen molar-refractivity contribution in [1.82, 2.24) is 4.90 Å². The van der Waals surface area contributed by atoms with Crippen LogP contribution in [0, 0.1) is 6.92 Å². The van der Waals surface area contributed by atoms with Gasteiger partial charge in [0.1, 0.15) is 6.61 Å². The Kier molecular flexibility index (Phi) is 6.83. The lowest BCUT2D eigenvalue weighted by Crippen LogP contribution is -2.24. The monoisotopic (exact) mass is 360 g/mol. The summed E-state index contributed by atoms with van der Waals surface area (Å²) in [6, 6.07) is 13.6. The van der Waals surface area contributed by atoms with Crippen LogP contribution in [0.2, 0.25) is 5.02 Å². The largest absolute Gasteiger partial charge is 0.465 e. The smallest absolute Gasteiger partial charge is 0.407 e. The summed E-state index contributed by atoms with van der Waals surface area (Å²) in [7, 11) is 1.51. The van der Waals surface area contributed by atoms with E-state index in [2.05, 4.69) is 11.2 Å². The molecule has 0 fully saturated rings. The van der Waals surface area contributed by atoms with Gasteiger partial charge in [-0.05, 0) is 29.7 Å². The fourth-order valence-electron chi connectivity index (χ4n) is 2.31. The van der Waals surface area contributed by atoms with E-state index in [1.807, 2.05) is 37.3 Å². The van der Waals surface area contributed by atoms with Gasteiger partial charge in [-0.25, -0.2) is 4.79 Å². The fraction of sp³-hybridized carbons (Fsp3) is 0.263. The number of benzene rings is 2. The first-order chi connectivity index (χ1) is 12.0. The van der Waals surface area contributed by atoms with Crippen molar-refractivity contribution in [2.45, 2.75) is 26.5 Å². The average Bonchev–Trinajstić information content (AvgIpc) is 2.57. The van der Waals surface area contributed by atoms with Gasteiger partial charge < -0.3 is 14.8 Å². The van der Waals surface area contributed by atoms with Crippen molar-refractivity contribution >= 4 is 23.9 Å². The van der Waals surface area contributed by atoms with Gasteiger partial charge in [-0.1, -0.05) is 58.7 Å². The Labute approximate surface area is 152 Å². The molecule has 0 radical (unpaired) electrons. The molecule has 132 valence electrons. The van der Waals surface area contributed by atoms with Crippen molar-refractivity contribution in [3.63, 3.8) is 0 Å². The fourth-order valence-corrected chi connectivity index (χ4v) is 2.49. The molecule has 2 rings (SSSR count). The summed E-state index contributed by atoms with van der Waals surface area (Å²) < 4.78 is 0. The lowest BCUT2D eigenvalue weighted by Gasteiger charge is -2.14. The maximum atomic E-state index is 10.9. The predicted molar refractivity (Wildman–Crippen MR) is 99.1 cm³/mol. The standard InChI is InChI=1S/C19H21ClN2O3/c1-14-4-3-5-16(10-14)13-25-21-9-8-15-6-7-18(20)17(11-15)12-22(2)19(23)24/h3-7,9-11H,8,12-13H2,1-2H3,(H,23,24). The molecule has 5 nitrogen and oxygen atoms in total. The molecule has 0 spiro atoms. The van der Waals surface area contributed by atoms with E-state index >= 15 is 0 Å². The zero-order chi connectivity index (χ0) is 18.2. The van der Waals surface area contributed by atoms with Gasteiger partial charge in [-0.15, -0.1) is 0 Å². The maximum Gasteiger partial charge on any atom is 0.407 e. The van der Waals surface area contributed by atoms with Crippen molar-refractivity contribution in [1.29, 1.82) is 0 Å². The molecule has 0 saturated heterocycles. The normalized spacial score (nSPS) is 10.8. The van der Waals surface area contributed by atoms with Crippen molar-refractivity contribution in [3.05, 3.63) is 69.7 Å². The SMILES string of the molecule is Cc1cccc(CON=CCc2ccc(Cl)c(CN(C)C(=O)O)c2)c1. The Bertz CT molecular complexity index is 762. The first kappa shape index (κ1) is 18.8. The number of carbonyl (C=O) groups is 1. The van der Waals surface area contributed by atoms with E-state index in [9.17, 15) is 4.79 Å². The summed E-state index contributed by atoms with van der Waals surface area (Å²) in [5, 5.41) is 13.5. The lowest BCUT2D eigenvalue weighted by molar-refractivity contribution is 0.131. The van der Waals surface area contributed by atoms with E-state index in [0.29, 0.717) is 18.1 Å². The molecule has 25 heavy (non-hydrogen) atoms. The van der Waals surface area contributed by atoms with Crippen LogP contribution >= 0.6 is 11.6 Å². The molecule has 0 aliphatic heterocycles. The van der Waals surface area contributed by atoms with Crippen LogP contribution in [0.5, 0.6) is 0 Å². The maximum absolute atomic E-state index is 10.9. The average molecular weight is 361 g/mol. The van der Waals surface area contributed by atoms with E-state index in [4.69, 9.17) is 21.5 Å². The second-order valence-corrected chi connectivity index (χ2v) is 6.23. The van der Waals surface area contributed by atoms with Gasteiger partial charge in [0.05, 0.1) is 6.54 Å². The minimum absolute atomic E-state index is 0.239. The summed E-state index contributed by atoms with van der Waals surface area (Å²) in [5.41, 5.74) is 4.01. The van der Waals surface area contributed by atoms with Gasteiger partial charge in [0.15, 0.2) is 0 Å². The van der Waals surface area contributed by atoms with Crippen LogP contribution < -0.4 is 0 Å². The van der Waals surface area contributed by atoms with Crippen LogP contribution in [-0.2, 0) is 24.4 Å². The number of aryl methyl sites for hydroxylation is 1. The van der Waals surface area contributed by atoms with Crippen LogP contribution in [0.15, 0.2) is 47.6 Å². The van der Waals surface area contributed by atoms with E-state index in [1.54, 1.807) is 12.3 Å². The number of oxime groups is 1. The van der Waals surface area contributed by atoms with Gasteiger partial charge in [-0.3, -0.25) is 0 Å². The number of nitrogens with zero attached hydrogens (tertiary/aromatic N) is 2. The van der Waals surface area contributed by atoms with E-state index in [1.165, 1.54) is 17.5 Å². The number of hydrogen-bond acceptors (Lipinski definition) is 3. The molecular formula is C19H21ClN2O3. The number of amides is 1. The number of carboxylic acid groups (broad SMARTS) is 1. The third kappa shape index (κ3) is 6.12. The highest BCUT2D eigenvalue weighted by atomic mass is 35.5. The summed E-state index contributed by atoms with van der Waals surface area (Å²) in [6.45, 7) is 2.70. The van der Waals surface area contributed by atoms with Crippen LogP contribution in [0.4, 0.5) is 4.79 Å². The highest BCUT2D eigenvalue weighted by molar-refractivity contribution is 6.31. The molecular weight excluding hydrogens is 340 g/mol. The minimum Gasteiger partial charge on any atom is -0.465 e. The topological polar surface area (TPSA) is 62.1 Å². The van der Waals surface area contributed by atoms with Crippen LogP contribution in [0.25, 0.3) is 0 Å². The molecule has 0 aliphatic carbocycles. The van der Waals surface area contributed by atoms with E-state index < -0.39 is 6.09 Å². The summed E-state index contributed by atoms with van der Waals surface area (Å²) in [6.07, 6.45) is 1.27. The van der Waals surface area contributed by atoms with Crippen molar-refractivity contribution < 1.29 is 14.7 Å². The van der Waals surface area contributed by atoms with Gasteiger partial charge in [-0.2, -0.15) is 0 Å². The van der Waals surface area contributed by atoms with Gasteiger partial charge in [0.25, 0.3) is 0 Å². The molecule has 0 heterocycles. The van der Waals surface area contributed by atoms with Gasteiger partial charge in [0.2, 0.25) is 0 Å². The van der Waals surface area contributed by atoms with Crippen LogP contribution in [0.1, 0.15) is 22.3 Å². The van der Waals surface area contributed by atoms with Gasteiger partial charge in [0, 0.05) is 24.7 Å². The van der Waals surface area contributed by atoms with Gasteiger partial charge >= 0.3 is 6.09 Å². The second kappa shape index (κ2) is 9.08. The van der Waals surface area contributed by atoms with E-state index in [-0.39, 0.29) is 6.54 Å². The minimum atomic E-state index is -0.993. The highest BCUT2D eigenvalue weighted by Crippen LogP contribution is 2.19. The molecule has 2 aromatic carbocycles. The molecule has 0 atom stereocenters. The van der Waals surface area contributed by atoms with Crippen molar-refractivity contribution in [3.8, 4) is 0 Å². The van der Waals surface area contributed by atoms with Crippen molar-refractivity contribution in [2.75, 3.05) is 7.05 Å². The molecule has 6 heteroatoms. The molecule has 0 saturated carbocycles. The molecule has 0 unspecified atom stereocenters. The predicted octanol–water partition coefficient (Wildman–Crippen LogP) is 4.50. The zero-order valence-corrected chi connectivity index (χ0v) is 15.0. The first-order valence-corrected chi connectivity index (χ1v) is 8.24. The van der Waals surface area contributed by atoms with Crippen LogP contribution in [0.3, 0.4) is 0 Å². The van der Waals surface area contributed by atoms with E-state index in [0.717, 1.165) is 16.7 Å². The summed E-state index contributed by atoms with van der Waals surface area (Å²) in [4.78, 5) is 17.4. The Morgan fingerprint density at radius 3 is 2.80 bits per heavy atom. The summed E-state index contributed by atoms with van der Waals surface area (Å²) in [5.74, 6) is 0. The Morgan fingerprint density at radius 1 is 1.28 bits per heavy atom. The van der Waals surface area contributed by atoms with Crippen molar-refractivity contribution in [2.24, 2.45) is 5.16 Å². The molecule has 0 bridgehead atoms. The number of rotatable bonds is 7. The molecule has 0 aliphatic rings. The molecule has 1 N–H and O–H groups in total. The Hall–Kier alpha value is -2.53. The molecule has 0 aromatic heterocycles. The Morgan fingerprint density at radius 2 is 2.08 bits per heavy atom. The molecule has 1 amide bonds.